The highest BCUT2D eigenvalue weighted by molar-refractivity contribution is 8.04. The number of rotatable bonds is 45. The van der Waals surface area contributed by atoms with Crippen LogP contribution in [0.5, 0.6) is 0 Å². The first-order chi connectivity index (χ1) is 40.6. The van der Waals surface area contributed by atoms with Crippen molar-refractivity contribution in [2.45, 2.75) is 157 Å². The standard InChI is InChI=1S/3C15H35N3O3.3C2H7NO4S2/c3*1-5-15(9-19-6-12(2)16,10-20-7-13(3)17)11-21-8-14(4)18;3*1-8(4,5)3-9(2,6)7/h3*12-14H,5-11,16-18H2,1-4H3;3*3H,1-2H3/p+9. The van der Waals surface area contributed by atoms with Gasteiger partial charge >= 0.3 is 0 Å². The molecule has 9 atom stereocenters. The van der Waals surface area contributed by atoms with Gasteiger partial charge in [-0.3, -0.25) is 0 Å². The molecule has 30 N–H and O–H groups in total. The Balaban J connectivity index is -0.000000245. The highest BCUT2D eigenvalue weighted by Gasteiger charge is 2.33. The van der Waals surface area contributed by atoms with E-state index in [1.807, 2.05) is 0 Å². The van der Waals surface area contributed by atoms with Gasteiger partial charge in [0, 0.05) is 16.2 Å². The average Bonchev–Trinajstić information content (AvgIpc) is 1.92. The molecule has 0 amide bonds. The molecule has 90 heavy (non-hydrogen) atoms. The Labute approximate surface area is 543 Å². The lowest BCUT2D eigenvalue weighted by Crippen LogP contribution is -2.62. The van der Waals surface area contributed by atoms with Crippen molar-refractivity contribution < 1.29 is 145 Å². The Kier molecular flexibility index (Phi) is 57.8. The van der Waals surface area contributed by atoms with Crippen LogP contribution in [-0.4, -0.2) is 261 Å². The normalized spacial score (nSPS) is 17.4. The van der Waals surface area contributed by atoms with Crippen molar-refractivity contribution in [2.75, 3.05) is 156 Å². The quantitative estimate of drug-likeness (QED) is 0.0269. The van der Waals surface area contributed by atoms with Crippen molar-refractivity contribution >= 4 is 60.1 Å². The lowest BCUT2D eigenvalue weighted by Gasteiger charge is -2.32. The molecule has 0 fully saturated rings. The summed E-state index contributed by atoms with van der Waals surface area (Å²) in [6.45, 7) is 36.7. The molecule has 0 aliphatic heterocycles. The number of hydrogen-bond donors (Lipinski definition) is 12. The van der Waals surface area contributed by atoms with E-state index in [1.54, 1.807) is 0 Å². The summed E-state index contributed by atoms with van der Waals surface area (Å²) in [6, 6.07) is 2.63. The van der Waals surface area contributed by atoms with E-state index in [0.29, 0.717) is 173 Å². The maximum Gasteiger partial charge on any atom is 0.221 e. The van der Waals surface area contributed by atoms with Crippen LogP contribution >= 0.6 is 0 Å². The minimum absolute atomic E-state index is 0.0985. The summed E-state index contributed by atoms with van der Waals surface area (Å²) in [5, 5.41) is 0. The molecule has 39 heteroatoms. The highest BCUT2D eigenvalue weighted by atomic mass is 32.3. The first-order valence-electron chi connectivity index (χ1n) is 29.8. The predicted octanol–water partition coefficient (Wildman–Crippen LogP) is -9.54. The average molecular weight is 1450 g/mol. The summed E-state index contributed by atoms with van der Waals surface area (Å²) in [7, 11) is -21.7. The number of ether oxygens (including phenoxy) is 9. The van der Waals surface area contributed by atoms with Crippen LogP contribution in [0.3, 0.4) is 0 Å². The van der Waals surface area contributed by atoms with Gasteiger partial charge in [0.2, 0.25) is 60.1 Å². The van der Waals surface area contributed by atoms with Crippen LogP contribution in [-0.2, 0) is 103 Å². The second-order valence-electron chi connectivity index (χ2n) is 25.0. The predicted molar refractivity (Wildman–Crippen MR) is 345 cm³/mol. The lowest BCUT2D eigenvalue weighted by atomic mass is 9.88. The number of sulfonamides is 6. The third kappa shape index (κ3) is 81.1. The second-order valence-corrected chi connectivity index (χ2v) is 36.3. The second kappa shape index (κ2) is 52.0. The Morgan fingerprint density at radius 3 is 0.378 bits per heavy atom. The van der Waals surface area contributed by atoms with E-state index in [1.165, 1.54) is 12.4 Å². The van der Waals surface area contributed by atoms with Gasteiger partial charge in [-0.25, -0.2) is 50.5 Å². The van der Waals surface area contributed by atoms with Gasteiger partial charge in [-0.2, -0.15) is 0 Å². The fourth-order valence-electron chi connectivity index (χ4n) is 6.41. The van der Waals surface area contributed by atoms with E-state index < -0.39 is 60.1 Å². The minimum atomic E-state index is -3.62. The third-order valence-electron chi connectivity index (χ3n) is 10.5. The molecular weight excluding hydrogens is 1310 g/mol. The molecule has 0 aliphatic rings. The van der Waals surface area contributed by atoms with Crippen molar-refractivity contribution in [3.8, 4) is 0 Å². The van der Waals surface area contributed by atoms with Crippen molar-refractivity contribution in [2.24, 2.45) is 16.2 Å². The molecular formula is C51H135N12O21S6+9. The van der Waals surface area contributed by atoms with Gasteiger partial charge in [0.05, 0.1) is 156 Å². The first kappa shape index (κ1) is 99.9. The molecule has 0 rings (SSSR count). The number of hydrogen-bond acceptors (Lipinski definition) is 21. The SMILES string of the molecule is CCC(COCC(C)[NH3+])(COCC(C)[NH3+])COCC(C)[NH3+].CCC(COCC(C)[NH3+])(COCC(C)[NH3+])COCC(C)[NH3+].CCC(COCC(C)[NH3+])(COCC(C)[NH3+])COCC(C)[NH3+].CS(=O)(=O)NS(C)(=O)=O.CS(=O)(=O)NS(C)(=O)=O.CS(=O)(=O)NS(C)(=O)=O. The molecule has 0 aromatic carbocycles. The Bertz CT molecular complexity index is 1980. The highest BCUT2D eigenvalue weighted by Crippen LogP contribution is 2.26. The van der Waals surface area contributed by atoms with E-state index in [9.17, 15) is 50.5 Å². The van der Waals surface area contributed by atoms with Crippen LogP contribution in [0.25, 0.3) is 0 Å². The van der Waals surface area contributed by atoms with Crippen LogP contribution < -0.4 is 64.0 Å². The molecule has 0 saturated carbocycles. The number of nitrogens with one attached hydrogen (secondary N) is 3. The summed E-state index contributed by atoms with van der Waals surface area (Å²) in [6.07, 6.45) is 7.49. The zero-order chi connectivity index (χ0) is 72.0. The Hall–Kier alpha value is -1.14. The van der Waals surface area contributed by atoms with Gasteiger partial charge < -0.3 is 94.2 Å². The largest absolute Gasteiger partial charge is 0.375 e. The van der Waals surface area contributed by atoms with Gasteiger partial charge in [-0.1, -0.05) is 20.8 Å². The van der Waals surface area contributed by atoms with Crippen LogP contribution in [0.1, 0.15) is 102 Å². The number of quaternary nitrogens is 9. The van der Waals surface area contributed by atoms with Crippen LogP contribution in [0.2, 0.25) is 0 Å². The molecule has 0 spiro atoms. The summed E-state index contributed by atoms with van der Waals surface area (Å²) in [5.41, 5.74) is 35.3. The lowest BCUT2D eigenvalue weighted by molar-refractivity contribution is -0.425. The van der Waals surface area contributed by atoms with Crippen LogP contribution in [0.15, 0.2) is 0 Å². The van der Waals surface area contributed by atoms with E-state index >= 15 is 0 Å². The molecule has 0 aliphatic carbocycles. The third-order valence-corrected chi connectivity index (χ3v) is 17.7. The summed E-state index contributed by atoms with van der Waals surface area (Å²) < 4.78 is 178. The molecule has 0 heterocycles. The molecule has 552 valence electrons. The molecule has 0 aromatic rings. The van der Waals surface area contributed by atoms with E-state index in [2.05, 4.69) is 135 Å². The molecule has 0 saturated heterocycles. The van der Waals surface area contributed by atoms with Crippen LogP contribution in [0, 0.1) is 16.2 Å². The van der Waals surface area contributed by atoms with E-state index in [0.717, 1.165) is 56.8 Å². The maximum atomic E-state index is 10.2. The zero-order valence-corrected chi connectivity index (χ0v) is 63.3. The molecule has 33 nitrogen and oxygen atoms in total. The van der Waals surface area contributed by atoms with Crippen molar-refractivity contribution in [1.29, 1.82) is 0 Å². The molecule has 0 aromatic heterocycles. The van der Waals surface area contributed by atoms with Gasteiger partial charge in [-0.05, 0) is 81.6 Å². The van der Waals surface area contributed by atoms with Gasteiger partial charge in [-0.15, -0.1) is 12.4 Å². The monoisotopic (exact) mass is 1440 g/mol. The van der Waals surface area contributed by atoms with E-state index in [4.69, 9.17) is 42.6 Å². The topological polar surface area (TPSA) is 573 Å². The summed E-state index contributed by atoms with van der Waals surface area (Å²) in [5.74, 6) is 0. The maximum absolute atomic E-state index is 10.2. The summed E-state index contributed by atoms with van der Waals surface area (Å²) in [4.78, 5) is 0. The fourth-order valence-corrected chi connectivity index (χ4v) is 13.0. The van der Waals surface area contributed by atoms with Crippen LogP contribution in [0.4, 0.5) is 0 Å². The zero-order valence-electron chi connectivity index (χ0n) is 58.4. The van der Waals surface area contributed by atoms with Gasteiger partial charge in [0.25, 0.3) is 0 Å². The van der Waals surface area contributed by atoms with Crippen molar-refractivity contribution in [1.82, 2.24) is 12.4 Å². The first-order valence-corrected chi connectivity index (χ1v) is 41.1. The Morgan fingerprint density at radius 2 is 0.333 bits per heavy atom. The Morgan fingerprint density at radius 1 is 0.244 bits per heavy atom. The minimum Gasteiger partial charge on any atom is -0.375 e. The smallest absolute Gasteiger partial charge is 0.221 e. The van der Waals surface area contributed by atoms with Crippen molar-refractivity contribution in [3.63, 3.8) is 0 Å². The van der Waals surface area contributed by atoms with E-state index in [-0.39, 0.29) is 16.2 Å². The molecule has 9 unspecified atom stereocenters. The van der Waals surface area contributed by atoms with Crippen molar-refractivity contribution in [3.05, 3.63) is 0 Å². The van der Waals surface area contributed by atoms with Gasteiger partial charge in [0.15, 0.2) is 0 Å². The van der Waals surface area contributed by atoms with Gasteiger partial charge in [0.1, 0.15) is 54.4 Å². The fraction of sp³-hybridized carbons (Fsp3) is 1.00. The molecule has 0 bridgehead atoms. The summed E-state index contributed by atoms with van der Waals surface area (Å²) >= 11 is 0. The molecule has 0 radical (unpaired) electrons.